The Morgan fingerprint density at radius 1 is 1.00 bits per heavy atom. The molecule has 102 valence electrons. The number of ether oxygens (including phenoxy) is 2. The zero-order valence-electron chi connectivity index (χ0n) is 12.6. The zero-order valence-corrected chi connectivity index (χ0v) is 12.6. The molecule has 0 aromatic rings. The van der Waals surface area contributed by atoms with Crippen molar-refractivity contribution in [3.63, 3.8) is 0 Å². The molecule has 0 aliphatic carbocycles. The van der Waals surface area contributed by atoms with Gasteiger partial charge < -0.3 is 9.47 Å². The standard InChI is InChI=1S/C15H30O2/c1-7-8-9-11-17-15(5,6)10-12-16-14(4)13(2)3/h7-12H2,1-6H3. The van der Waals surface area contributed by atoms with Gasteiger partial charge in [-0.25, -0.2) is 0 Å². The summed E-state index contributed by atoms with van der Waals surface area (Å²) in [7, 11) is 0. The van der Waals surface area contributed by atoms with E-state index in [1.165, 1.54) is 18.4 Å². The molecule has 0 radical (unpaired) electrons. The van der Waals surface area contributed by atoms with E-state index in [1.807, 2.05) is 6.92 Å². The van der Waals surface area contributed by atoms with Gasteiger partial charge in [-0.2, -0.15) is 0 Å². The molecule has 0 atom stereocenters. The van der Waals surface area contributed by atoms with E-state index in [4.69, 9.17) is 9.47 Å². The summed E-state index contributed by atoms with van der Waals surface area (Å²) in [5.74, 6) is 1.03. The van der Waals surface area contributed by atoms with Crippen molar-refractivity contribution in [2.24, 2.45) is 0 Å². The molecule has 17 heavy (non-hydrogen) atoms. The molecule has 2 heteroatoms. The predicted molar refractivity (Wildman–Crippen MR) is 74.2 cm³/mol. The lowest BCUT2D eigenvalue weighted by molar-refractivity contribution is -0.0367. The average Bonchev–Trinajstić information content (AvgIpc) is 2.24. The Bertz CT molecular complexity index is 225. The van der Waals surface area contributed by atoms with Gasteiger partial charge in [0.25, 0.3) is 0 Å². The van der Waals surface area contributed by atoms with E-state index < -0.39 is 0 Å². The smallest absolute Gasteiger partial charge is 0.0915 e. The molecule has 0 bridgehead atoms. The fourth-order valence-corrected chi connectivity index (χ4v) is 1.37. The van der Waals surface area contributed by atoms with E-state index in [2.05, 4.69) is 34.6 Å². The Kier molecular flexibility index (Phi) is 8.32. The van der Waals surface area contributed by atoms with E-state index in [0.29, 0.717) is 0 Å². The predicted octanol–water partition coefficient (Wildman–Crippen LogP) is 4.69. The molecule has 0 aliphatic heterocycles. The summed E-state index contributed by atoms with van der Waals surface area (Å²) in [5.41, 5.74) is 1.17. The van der Waals surface area contributed by atoms with Crippen LogP contribution in [0.25, 0.3) is 0 Å². The van der Waals surface area contributed by atoms with E-state index in [1.54, 1.807) is 0 Å². The Labute approximate surface area is 107 Å². The van der Waals surface area contributed by atoms with Crippen LogP contribution in [0.3, 0.4) is 0 Å². The van der Waals surface area contributed by atoms with Gasteiger partial charge in [-0.3, -0.25) is 0 Å². The molecular formula is C15H30O2. The Morgan fingerprint density at radius 3 is 2.18 bits per heavy atom. The normalized spacial score (nSPS) is 11.4. The highest BCUT2D eigenvalue weighted by Gasteiger charge is 2.18. The fraction of sp³-hybridized carbons (Fsp3) is 0.867. The lowest BCUT2D eigenvalue weighted by atomic mass is 10.1. The molecule has 0 aromatic heterocycles. The molecule has 0 heterocycles. The number of hydrogen-bond acceptors (Lipinski definition) is 2. The first kappa shape index (κ1) is 16.5. The molecule has 0 aliphatic rings. The van der Waals surface area contributed by atoms with Gasteiger partial charge in [-0.1, -0.05) is 19.8 Å². The van der Waals surface area contributed by atoms with Crippen molar-refractivity contribution in [1.29, 1.82) is 0 Å². The largest absolute Gasteiger partial charge is 0.498 e. The quantitative estimate of drug-likeness (QED) is 0.431. The summed E-state index contributed by atoms with van der Waals surface area (Å²) in [6.07, 6.45) is 4.59. The van der Waals surface area contributed by atoms with E-state index in [0.717, 1.165) is 31.8 Å². The van der Waals surface area contributed by atoms with Crippen molar-refractivity contribution >= 4 is 0 Å². The highest BCUT2D eigenvalue weighted by molar-refractivity contribution is 4.98. The number of hydrogen-bond donors (Lipinski definition) is 0. The van der Waals surface area contributed by atoms with Crippen LogP contribution in [0.2, 0.25) is 0 Å². The first-order valence-corrected chi connectivity index (χ1v) is 6.80. The summed E-state index contributed by atoms with van der Waals surface area (Å²) in [5, 5.41) is 0. The van der Waals surface area contributed by atoms with Crippen LogP contribution in [0.1, 0.15) is 67.2 Å². The van der Waals surface area contributed by atoms with Gasteiger partial charge in [0.1, 0.15) is 0 Å². The van der Waals surface area contributed by atoms with Crippen molar-refractivity contribution in [2.75, 3.05) is 13.2 Å². The van der Waals surface area contributed by atoms with E-state index in [-0.39, 0.29) is 5.60 Å². The molecule has 0 aromatic carbocycles. The molecule has 0 unspecified atom stereocenters. The summed E-state index contributed by atoms with van der Waals surface area (Å²) in [4.78, 5) is 0. The van der Waals surface area contributed by atoms with E-state index >= 15 is 0 Å². The van der Waals surface area contributed by atoms with Crippen molar-refractivity contribution in [3.8, 4) is 0 Å². The third-order valence-corrected chi connectivity index (χ3v) is 2.97. The van der Waals surface area contributed by atoms with Gasteiger partial charge in [-0.05, 0) is 46.6 Å². The van der Waals surface area contributed by atoms with Crippen LogP contribution in [0, 0.1) is 0 Å². The average molecular weight is 242 g/mol. The van der Waals surface area contributed by atoms with Crippen molar-refractivity contribution in [1.82, 2.24) is 0 Å². The van der Waals surface area contributed by atoms with E-state index in [9.17, 15) is 0 Å². The zero-order chi connectivity index (χ0) is 13.3. The lowest BCUT2D eigenvalue weighted by Crippen LogP contribution is -2.26. The van der Waals surface area contributed by atoms with Gasteiger partial charge in [0.05, 0.1) is 18.0 Å². The molecule has 2 nitrogen and oxygen atoms in total. The van der Waals surface area contributed by atoms with Gasteiger partial charge in [0, 0.05) is 13.0 Å². The Balaban J connectivity index is 3.74. The first-order valence-electron chi connectivity index (χ1n) is 6.80. The number of allylic oxidation sites excluding steroid dienone is 2. The summed E-state index contributed by atoms with van der Waals surface area (Å²) >= 11 is 0. The molecule has 0 fully saturated rings. The van der Waals surface area contributed by atoms with Crippen LogP contribution in [0.5, 0.6) is 0 Å². The lowest BCUT2D eigenvalue weighted by Gasteiger charge is -2.25. The monoisotopic (exact) mass is 242 g/mol. The van der Waals surface area contributed by atoms with Gasteiger partial charge >= 0.3 is 0 Å². The van der Waals surface area contributed by atoms with Gasteiger partial charge in [-0.15, -0.1) is 0 Å². The maximum absolute atomic E-state index is 5.88. The van der Waals surface area contributed by atoms with Crippen LogP contribution in [-0.4, -0.2) is 18.8 Å². The fourth-order valence-electron chi connectivity index (χ4n) is 1.37. The molecule has 0 saturated carbocycles. The summed E-state index contributed by atoms with van der Waals surface area (Å²) in [6, 6.07) is 0. The molecule has 0 rings (SSSR count). The van der Waals surface area contributed by atoms with Crippen molar-refractivity contribution in [2.45, 2.75) is 72.8 Å². The SMILES string of the molecule is CCCCCOC(C)(C)CCOC(C)=C(C)C. The Morgan fingerprint density at radius 2 is 1.65 bits per heavy atom. The van der Waals surface area contributed by atoms with Crippen LogP contribution >= 0.6 is 0 Å². The Hall–Kier alpha value is -0.500. The first-order chi connectivity index (χ1) is 7.89. The summed E-state index contributed by atoms with van der Waals surface area (Å²) < 4.78 is 11.5. The van der Waals surface area contributed by atoms with Crippen molar-refractivity contribution < 1.29 is 9.47 Å². The second-order valence-electron chi connectivity index (χ2n) is 5.47. The second kappa shape index (κ2) is 8.57. The molecule has 0 amide bonds. The van der Waals surface area contributed by atoms with Crippen LogP contribution in [0.4, 0.5) is 0 Å². The maximum Gasteiger partial charge on any atom is 0.0915 e. The second-order valence-corrected chi connectivity index (χ2v) is 5.47. The minimum Gasteiger partial charge on any atom is -0.498 e. The third kappa shape index (κ3) is 9.22. The maximum atomic E-state index is 5.88. The molecule has 0 spiro atoms. The van der Waals surface area contributed by atoms with Gasteiger partial charge in [0.15, 0.2) is 0 Å². The summed E-state index contributed by atoms with van der Waals surface area (Å²) in [6.45, 7) is 14.2. The number of unbranched alkanes of at least 4 members (excludes halogenated alkanes) is 2. The third-order valence-electron chi connectivity index (χ3n) is 2.97. The highest BCUT2D eigenvalue weighted by atomic mass is 16.5. The molecule has 0 N–H and O–H groups in total. The van der Waals surface area contributed by atoms with Gasteiger partial charge in [0.2, 0.25) is 0 Å². The van der Waals surface area contributed by atoms with Crippen molar-refractivity contribution in [3.05, 3.63) is 11.3 Å². The minimum absolute atomic E-state index is 0.0737. The van der Waals surface area contributed by atoms with Crippen LogP contribution in [-0.2, 0) is 9.47 Å². The molecule has 0 saturated heterocycles. The minimum atomic E-state index is -0.0737. The van der Waals surface area contributed by atoms with Crippen LogP contribution in [0.15, 0.2) is 11.3 Å². The molecular weight excluding hydrogens is 212 g/mol. The number of rotatable bonds is 9. The highest BCUT2D eigenvalue weighted by Crippen LogP contribution is 2.16. The topological polar surface area (TPSA) is 18.5 Å². The van der Waals surface area contributed by atoms with Crippen LogP contribution < -0.4 is 0 Å².